The molecule has 1 unspecified atom stereocenters. The first kappa shape index (κ1) is 17.3. The highest BCUT2D eigenvalue weighted by Gasteiger charge is 2.26. The molecule has 132 valence electrons. The van der Waals surface area contributed by atoms with Crippen LogP contribution in [0.5, 0.6) is 0 Å². The zero-order valence-electron chi connectivity index (χ0n) is 14.0. The average molecular weight is 360 g/mol. The highest BCUT2D eigenvalue weighted by Crippen LogP contribution is 2.25. The van der Waals surface area contributed by atoms with Crippen LogP contribution < -0.4 is 16.5 Å². The van der Waals surface area contributed by atoms with Gasteiger partial charge in [-0.2, -0.15) is 0 Å². The maximum absolute atomic E-state index is 12.1. The van der Waals surface area contributed by atoms with E-state index in [1.807, 2.05) is 31.2 Å². The first-order valence-electron chi connectivity index (χ1n) is 7.99. The van der Waals surface area contributed by atoms with Crippen LogP contribution in [0.15, 0.2) is 29.4 Å². The SMILES string of the molecule is Cc1ccc(-c2nnc(SC(C)C(=O)NC(=O)NC3CC3)n2N)cc1. The number of nitrogens with two attached hydrogens (primary N) is 1. The number of nitrogens with one attached hydrogen (secondary N) is 2. The van der Waals surface area contributed by atoms with E-state index in [0.29, 0.717) is 11.0 Å². The van der Waals surface area contributed by atoms with Crippen molar-refractivity contribution in [1.82, 2.24) is 25.5 Å². The largest absolute Gasteiger partial charge is 0.335 e. The van der Waals surface area contributed by atoms with E-state index >= 15 is 0 Å². The van der Waals surface area contributed by atoms with Crippen LogP contribution in [-0.2, 0) is 4.79 Å². The van der Waals surface area contributed by atoms with Crippen LogP contribution in [0.3, 0.4) is 0 Å². The second-order valence-electron chi connectivity index (χ2n) is 6.04. The van der Waals surface area contributed by atoms with Crippen molar-refractivity contribution in [2.24, 2.45) is 0 Å². The highest BCUT2D eigenvalue weighted by atomic mass is 32.2. The molecule has 9 heteroatoms. The predicted octanol–water partition coefficient (Wildman–Crippen LogP) is 1.44. The normalized spacial score (nSPS) is 14.8. The molecule has 1 aliphatic rings. The fourth-order valence-electron chi connectivity index (χ4n) is 2.13. The lowest BCUT2D eigenvalue weighted by molar-refractivity contribution is -0.119. The van der Waals surface area contributed by atoms with Gasteiger partial charge in [0, 0.05) is 11.6 Å². The van der Waals surface area contributed by atoms with Gasteiger partial charge < -0.3 is 11.2 Å². The fourth-order valence-corrected chi connectivity index (χ4v) is 2.90. The monoisotopic (exact) mass is 360 g/mol. The molecule has 1 fully saturated rings. The van der Waals surface area contributed by atoms with Gasteiger partial charge in [0.05, 0.1) is 5.25 Å². The summed E-state index contributed by atoms with van der Waals surface area (Å²) in [5.74, 6) is 6.17. The highest BCUT2D eigenvalue weighted by molar-refractivity contribution is 8.00. The molecule has 0 spiro atoms. The van der Waals surface area contributed by atoms with E-state index in [9.17, 15) is 9.59 Å². The number of thioether (sulfide) groups is 1. The summed E-state index contributed by atoms with van der Waals surface area (Å²) in [5, 5.41) is 13.0. The molecule has 1 aromatic carbocycles. The molecule has 1 atom stereocenters. The molecule has 1 heterocycles. The predicted molar refractivity (Wildman–Crippen MR) is 95.4 cm³/mol. The van der Waals surface area contributed by atoms with Crippen molar-refractivity contribution in [3.8, 4) is 11.4 Å². The summed E-state index contributed by atoms with van der Waals surface area (Å²) in [4.78, 5) is 23.7. The Bertz CT molecular complexity index is 784. The Kier molecular flexibility index (Phi) is 4.93. The van der Waals surface area contributed by atoms with Gasteiger partial charge in [0.25, 0.3) is 0 Å². The van der Waals surface area contributed by atoms with Gasteiger partial charge in [-0.05, 0) is 26.7 Å². The average Bonchev–Trinajstić information content (AvgIpc) is 3.31. The Balaban J connectivity index is 1.63. The number of hydrogen-bond donors (Lipinski definition) is 3. The number of carbonyl (C=O) groups excluding carboxylic acids is 2. The number of nitrogen functional groups attached to an aromatic ring is 1. The first-order chi connectivity index (χ1) is 11.9. The van der Waals surface area contributed by atoms with E-state index in [2.05, 4.69) is 20.8 Å². The van der Waals surface area contributed by atoms with Gasteiger partial charge in [0.2, 0.25) is 11.1 Å². The molecule has 2 aromatic rings. The smallest absolute Gasteiger partial charge is 0.321 e. The van der Waals surface area contributed by atoms with Gasteiger partial charge >= 0.3 is 6.03 Å². The minimum atomic E-state index is -0.540. The lowest BCUT2D eigenvalue weighted by Gasteiger charge is -2.11. The molecule has 3 amide bonds. The molecule has 0 aliphatic heterocycles. The fraction of sp³-hybridized carbons (Fsp3) is 0.375. The Morgan fingerprint density at radius 1 is 1.28 bits per heavy atom. The number of nitrogens with zero attached hydrogens (tertiary/aromatic N) is 3. The standard InChI is InChI=1S/C16H20N6O2S/c1-9-3-5-11(6-4-9)13-20-21-16(22(13)17)25-10(2)14(23)19-15(24)18-12-7-8-12/h3-6,10,12H,7-8,17H2,1-2H3,(H2,18,19,23,24). The number of amides is 3. The van der Waals surface area contributed by atoms with E-state index in [4.69, 9.17) is 5.84 Å². The zero-order chi connectivity index (χ0) is 18.0. The number of benzene rings is 1. The molecule has 3 rings (SSSR count). The summed E-state index contributed by atoms with van der Waals surface area (Å²) in [6.07, 6.45) is 1.92. The third kappa shape index (κ3) is 4.30. The van der Waals surface area contributed by atoms with E-state index in [-0.39, 0.29) is 6.04 Å². The molecule has 0 bridgehead atoms. The number of imide groups is 1. The van der Waals surface area contributed by atoms with Crippen LogP contribution in [0, 0.1) is 6.92 Å². The van der Waals surface area contributed by atoms with Gasteiger partial charge in [-0.15, -0.1) is 10.2 Å². The quantitative estimate of drug-likeness (QED) is 0.549. The van der Waals surface area contributed by atoms with Crippen molar-refractivity contribution >= 4 is 23.7 Å². The third-order valence-electron chi connectivity index (χ3n) is 3.78. The third-order valence-corrected chi connectivity index (χ3v) is 4.83. The van der Waals surface area contributed by atoms with Crippen LogP contribution in [0.4, 0.5) is 4.79 Å². The van der Waals surface area contributed by atoms with Crippen LogP contribution in [0.1, 0.15) is 25.3 Å². The maximum Gasteiger partial charge on any atom is 0.321 e. The van der Waals surface area contributed by atoms with Crippen LogP contribution in [0.2, 0.25) is 0 Å². The van der Waals surface area contributed by atoms with Gasteiger partial charge in [-0.1, -0.05) is 41.6 Å². The van der Waals surface area contributed by atoms with Gasteiger partial charge in [0.15, 0.2) is 5.82 Å². The Labute approximate surface area is 149 Å². The van der Waals surface area contributed by atoms with E-state index in [0.717, 1.165) is 35.7 Å². The molecule has 4 N–H and O–H groups in total. The van der Waals surface area contributed by atoms with Crippen LogP contribution in [0.25, 0.3) is 11.4 Å². The number of carbonyl (C=O) groups is 2. The number of urea groups is 1. The summed E-state index contributed by atoms with van der Waals surface area (Å²) in [6, 6.07) is 7.48. The van der Waals surface area contributed by atoms with E-state index < -0.39 is 17.2 Å². The second-order valence-corrected chi connectivity index (χ2v) is 7.35. The molecule has 1 aliphatic carbocycles. The number of aromatic nitrogens is 3. The van der Waals surface area contributed by atoms with Gasteiger partial charge in [-0.25, -0.2) is 9.47 Å². The summed E-state index contributed by atoms with van der Waals surface area (Å²) < 4.78 is 1.35. The van der Waals surface area contributed by atoms with Crippen molar-refractivity contribution in [1.29, 1.82) is 0 Å². The molecule has 25 heavy (non-hydrogen) atoms. The maximum atomic E-state index is 12.1. The molecular formula is C16H20N6O2S. The Morgan fingerprint density at radius 3 is 2.60 bits per heavy atom. The minimum absolute atomic E-state index is 0.194. The minimum Gasteiger partial charge on any atom is -0.335 e. The first-order valence-corrected chi connectivity index (χ1v) is 8.87. The van der Waals surface area contributed by atoms with Crippen molar-refractivity contribution in [3.05, 3.63) is 29.8 Å². The van der Waals surface area contributed by atoms with Gasteiger partial charge in [-0.3, -0.25) is 10.1 Å². The van der Waals surface area contributed by atoms with Crippen molar-refractivity contribution < 1.29 is 9.59 Å². The van der Waals surface area contributed by atoms with Crippen LogP contribution in [-0.4, -0.2) is 38.1 Å². The van der Waals surface area contributed by atoms with Crippen molar-refractivity contribution in [2.75, 3.05) is 5.84 Å². The number of hydrogen-bond acceptors (Lipinski definition) is 6. The summed E-state index contributed by atoms with van der Waals surface area (Å²) in [7, 11) is 0. The summed E-state index contributed by atoms with van der Waals surface area (Å²) in [5.41, 5.74) is 1.98. The number of aryl methyl sites for hydroxylation is 1. The Hall–Kier alpha value is -2.55. The second kappa shape index (κ2) is 7.14. The lowest BCUT2D eigenvalue weighted by atomic mass is 10.1. The lowest BCUT2D eigenvalue weighted by Crippen LogP contribution is -2.43. The molecule has 0 radical (unpaired) electrons. The molecule has 1 aromatic heterocycles. The van der Waals surface area contributed by atoms with E-state index in [1.54, 1.807) is 6.92 Å². The molecule has 8 nitrogen and oxygen atoms in total. The molecule has 1 saturated carbocycles. The summed E-state index contributed by atoms with van der Waals surface area (Å²) >= 11 is 1.15. The van der Waals surface area contributed by atoms with E-state index in [1.165, 1.54) is 4.68 Å². The Morgan fingerprint density at radius 2 is 1.96 bits per heavy atom. The topological polar surface area (TPSA) is 115 Å². The van der Waals surface area contributed by atoms with Gasteiger partial charge in [0.1, 0.15) is 0 Å². The molecule has 0 saturated heterocycles. The van der Waals surface area contributed by atoms with Crippen molar-refractivity contribution in [3.63, 3.8) is 0 Å². The zero-order valence-corrected chi connectivity index (χ0v) is 14.8. The number of rotatable bonds is 5. The summed E-state index contributed by atoms with van der Waals surface area (Å²) in [6.45, 7) is 3.68. The van der Waals surface area contributed by atoms with Crippen LogP contribution >= 0.6 is 11.8 Å². The van der Waals surface area contributed by atoms with Crippen molar-refractivity contribution in [2.45, 2.75) is 43.1 Å². The molecular weight excluding hydrogens is 340 g/mol.